The maximum absolute atomic E-state index is 12.5. The molecule has 1 amide bonds. The van der Waals surface area contributed by atoms with Gasteiger partial charge in [0.15, 0.2) is 5.82 Å². The molecule has 27 heavy (non-hydrogen) atoms. The summed E-state index contributed by atoms with van der Waals surface area (Å²) in [6, 6.07) is 12.3. The Morgan fingerprint density at radius 3 is 2.52 bits per heavy atom. The highest BCUT2D eigenvalue weighted by molar-refractivity contribution is 6.05. The van der Waals surface area contributed by atoms with Crippen LogP contribution >= 0.6 is 0 Å². The molecule has 0 fully saturated rings. The Morgan fingerprint density at radius 1 is 1.07 bits per heavy atom. The summed E-state index contributed by atoms with van der Waals surface area (Å²) in [5.41, 5.74) is 3.52. The molecule has 1 heterocycles. The number of amides is 1. The van der Waals surface area contributed by atoms with E-state index in [9.17, 15) is 9.59 Å². The van der Waals surface area contributed by atoms with E-state index in [0.717, 1.165) is 11.3 Å². The highest BCUT2D eigenvalue weighted by atomic mass is 16.5. The summed E-state index contributed by atoms with van der Waals surface area (Å²) in [6.45, 7) is 4.14. The maximum atomic E-state index is 12.5. The second-order valence-corrected chi connectivity index (χ2v) is 6.00. The molecule has 8 heteroatoms. The SMILES string of the molecule is COC(=O)c1ccccc1C(=O)NCc1nnnn1-c1ccc(C)c(C)c1. The van der Waals surface area contributed by atoms with Crippen LogP contribution in [0, 0.1) is 13.8 Å². The van der Waals surface area contributed by atoms with Crippen molar-refractivity contribution in [2.75, 3.05) is 7.11 Å². The number of hydrogen-bond donors (Lipinski definition) is 1. The van der Waals surface area contributed by atoms with Gasteiger partial charge in [0.25, 0.3) is 5.91 Å². The van der Waals surface area contributed by atoms with Gasteiger partial charge in [0, 0.05) is 0 Å². The Labute approximate surface area is 156 Å². The molecule has 0 aliphatic heterocycles. The van der Waals surface area contributed by atoms with Gasteiger partial charge in [-0.15, -0.1) is 5.10 Å². The van der Waals surface area contributed by atoms with Gasteiger partial charge in [-0.05, 0) is 59.7 Å². The highest BCUT2D eigenvalue weighted by Crippen LogP contribution is 2.14. The fourth-order valence-corrected chi connectivity index (χ4v) is 2.60. The summed E-state index contributed by atoms with van der Waals surface area (Å²) in [6.07, 6.45) is 0. The van der Waals surface area contributed by atoms with Crippen molar-refractivity contribution >= 4 is 11.9 Å². The molecule has 1 N–H and O–H groups in total. The first kappa shape index (κ1) is 18.2. The molecule has 1 aromatic heterocycles. The van der Waals surface area contributed by atoms with Crippen LogP contribution in [-0.4, -0.2) is 39.2 Å². The maximum Gasteiger partial charge on any atom is 0.338 e. The van der Waals surface area contributed by atoms with Gasteiger partial charge in [-0.25, -0.2) is 4.79 Å². The first-order valence-electron chi connectivity index (χ1n) is 8.31. The number of ether oxygens (including phenoxy) is 1. The van der Waals surface area contributed by atoms with Gasteiger partial charge in [0.2, 0.25) is 0 Å². The van der Waals surface area contributed by atoms with Crippen LogP contribution in [0.4, 0.5) is 0 Å². The van der Waals surface area contributed by atoms with E-state index in [1.165, 1.54) is 12.7 Å². The minimum absolute atomic E-state index is 0.105. The number of aryl methyl sites for hydroxylation is 2. The van der Waals surface area contributed by atoms with Gasteiger partial charge in [-0.2, -0.15) is 4.68 Å². The van der Waals surface area contributed by atoms with Gasteiger partial charge in [0.05, 0.1) is 30.5 Å². The molecular formula is C19H19N5O3. The number of rotatable bonds is 5. The van der Waals surface area contributed by atoms with Crippen molar-refractivity contribution in [3.05, 3.63) is 70.5 Å². The molecule has 0 aliphatic rings. The van der Waals surface area contributed by atoms with Gasteiger partial charge >= 0.3 is 5.97 Å². The molecule has 3 rings (SSSR count). The zero-order valence-corrected chi connectivity index (χ0v) is 15.3. The number of aromatic nitrogens is 4. The Bertz CT molecular complexity index is 997. The van der Waals surface area contributed by atoms with Gasteiger partial charge in [-0.3, -0.25) is 4.79 Å². The molecule has 0 saturated heterocycles. The second-order valence-electron chi connectivity index (χ2n) is 6.00. The van der Waals surface area contributed by atoms with Gasteiger partial charge in [0.1, 0.15) is 0 Å². The lowest BCUT2D eigenvalue weighted by atomic mass is 10.1. The Kier molecular flexibility index (Phi) is 5.25. The Hall–Kier alpha value is -3.55. The van der Waals surface area contributed by atoms with E-state index in [0.29, 0.717) is 5.82 Å². The van der Waals surface area contributed by atoms with Gasteiger partial charge < -0.3 is 10.1 Å². The molecule has 0 bridgehead atoms. The third kappa shape index (κ3) is 3.84. The summed E-state index contributed by atoms with van der Waals surface area (Å²) in [7, 11) is 1.27. The molecule has 138 valence electrons. The van der Waals surface area contributed by atoms with Crippen molar-refractivity contribution in [2.45, 2.75) is 20.4 Å². The number of carbonyl (C=O) groups is 2. The van der Waals surface area contributed by atoms with Crippen LogP contribution in [0.25, 0.3) is 5.69 Å². The minimum atomic E-state index is -0.569. The number of benzene rings is 2. The molecule has 0 saturated carbocycles. The molecule has 0 radical (unpaired) electrons. The molecule has 8 nitrogen and oxygen atoms in total. The van der Waals surface area contributed by atoms with Crippen molar-refractivity contribution in [3.63, 3.8) is 0 Å². The topological polar surface area (TPSA) is 99.0 Å². The van der Waals surface area contributed by atoms with Crippen LogP contribution < -0.4 is 5.32 Å². The lowest BCUT2D eigenvalue weighted by molar-refractivity contribution is 0.0596. The fourth-order valence-electron chi connectivity index (χ4n) is 2.60. The molecule has 0 spiro atoms. The van der Waals surface area contributed by atoms with Gasteiger partial charge in [-0.1, -0.05) is 18.2 Å². The third-order valence-corrected chi connectivity index (χ3v) is 4.25. The van der Waals surface area contributed by atoms with Crippen LogP contribution in [0.5, 0.6) is 0 Å². The lowest BCUT2D eigenvalue weighted by Crippen LogP contribution is -2.26. The summed E-state index contributed by atoms with van der Waals surface area (Å²) in [5.74, 6) is -0.506. The van der Waals surface area contributed by atoms with Crippen molar-refractivity contribution in [1.82, 2.24) is 25.5 Å². The smallest absolute Gasteiger partial charge is 0.338 e. The van der Waals surface area contributed by atoms with E-state index >= 15 is 0 Å². The standard InChI is InChI=1S/C19H19N5O3/c1-12-8-9-14(10-13(12)2)24-17(21-22-23-24)11-20-18(25)15-6-4-5-7-16(15)19(26)27-3/h4-10H,11H2,1-3H3,(H,20,25). The highest BCUT2D eigenvalue weighted by Gasteiger charge is 2.18. The number of carbonyl (C=O) groups excluding carboxylic acids is 2. The second kappa shape index (κ2) is 7.77. The number of methoxy groups -OCH3 is 1. The zero-order valence-electron chi connectivity index (χ0n) is 15.3. The quantitative estimate of drug-likeness (QED) is 0.694. The third-order valence-electron chi connectivity index (χ3n) is 4.25. The summed E-state index contributed by atoms with van der Waals surface area (Å²) < 4.78 is 6.29. The van der Waals surface area contributed by atoms with Crippen LogP contribution in [0.3, 0.4) is 0 Å². The first-order chi connectivity index (χ1) is 13.0. The van der Waals surface area contributed by atoms with Crippen LogP contribution in [0.15, 0.2) is 42.5 Å². The molecule has 3 aromatic rings. The van der Waals surface area contributed by atoms with E-state index < -0.39 is 11.9 Å². The average molecular weight is 365 g/mol. The largest absolute Gasteiger partial charge is 0.465 e. The molecule has 0 atom stereocenters. The first-order valence-corrected chi connectivity index (χ1v) is 8.31. The predicted molar refractivity (Wildman–Crippen MR) is 97.6 cm³/mol. The molecule has 2 aromatic carbocycles. The van der Waals surface area contributed by atoms with Crippen molar-refractivity contribution in [3.8, 4) is 5.69 Å². The Morgan fingerprint density at radius 2 is 1.81 bits per heavy atom. The zero-order chi connectivity index (χ0) is 19.4. The average Bonchev–Trinajstić information content (AvgIpc) is 3.16. The van der Waals surface area contributed by atoms with E-state index in [1.54, 1.807) is 28.9 Å². The summed E-state index contributed by atoms with van der Waals surface area (Å²) in [5, 5.41) is 14.4. The van der Waals surface area contributed by atoms with Crippen molar-refractivity contribution in [1.29, 1.82) is 0 Å². The normalized spacial score (nSPS) is 10.5. The predicted octanol–water partition coefficient (Wildman–Crippen LogP) is 2.00. The number of nitrogens with one attached hydrogen (secondary N) is 1. The molecule has 0 aliphatic carbocycles. The van der Waals surface area contributed by atoms with Crippen LogP contribution in [0.2, 0.25) is 0 Å². The lowest BCUT2D eigenvalue weighted by Gasteiger charge is -2.10. The summed E-state index contributed by atoms with van der Waals surface area (Å²) >= 11 is 0. The van der Waals surface area contributed by atoms with E-state index in [4.69, 9.17) is 4.74 Å². The van der Waals surface area contributed by atoms with Crippen molar-refractivity contribution in [2.24, 2.45) is 0 Å². The van der Waals surface area contributed by atoms with Crippen LogP contribution in [-0.2, 0) is 11.3 Å². The molecular weight excluding hydrogens is 346 g/mol. The number of hydrogen-bond acceptors (Lipinski definition) is 6. The van der Waals surface area contributed by atoms with E-state index in [-0.39, 0.29) is 17.7 Å². The van der Waals surface area contributed by atoms with Crippen LogP contribution in [0.1, 0.15) is 37.7 Å². The molecule has 0 unspecified atom stereocenters. The monoisotopic (exact) mass is 365 g/mol. The number of nitrogens with zero attached hydrogens (tertiary/aromatic N) is 4. The number of tetrazole rings is 1. The fraction of sp³-hybridized carbons (Fsp3) is 0.211. The number of esters is 1. The van der Waals surface area contributed by atoms with E-state index in [1.807, 2.05) is 32.0 Å². The minimum Gasteiger partial charge on any atom is -0.465 e. The summed E-state index contributed by atoms with van der Waals surface area (Å²) in [4.78, 5) is 24.4. The van der Waals surface area contributed by atoms with E-state index in [2.05, 4.69) is 20.8 Å². The Balaban J connectivity index is 1.79. The van der Waals surface area contributed by atoms with Crippen molar-refractivity contribution < 1.29 is 14.3 Å².